The lowest BCUT2D eigenvalue weighted by Gasteiger charge is -1.97. The van der Waals surface area contributed by atoms with Gasteiger partial charge in [0.2, 0.25) is 0 Å². The molecule has 17 heavy (non-hydrogen) atoms. The van der Waals surface area contributed by atoms with Crippen LogP contribution in [0.3, 0.4) is 0 Å². The van der Waals surface area contributed by atoms with E-state index in [1.165, 1.54) is 11.1 Å². The van der Waals surface area contributed by atoms with Gasteiger partial charge in [0, 0.05) is 0 Å². The molecule has 0 saturated carbocycles. The van der Waals surface area contributed by atoms with E-state index in [1.54, 1.807) is 0 Å². The Kier molecular flexibility index (Phi) is 2.69. The van der Waals surface area contributed by atoms with Crippen LogP contribution < -0.4 is 0 Å². The predicted molar refractivity (Wildman–Crippen MR) is 70.7 cm³/mol. The molecule has 0 aliphatic carbocycles. The summed E-state index contributed by atoms with van der Waals surface area (Å²) >= 11 is 0. The molecule has 1 heterocycles. The van der Waals surface area contributed by atoms with Crippen molar-refractivity contribution >= 4 is 0 Å². The van der Waals surface area contributed by atoms with Crippen molar-refractivity contribution in [2.45, 2.75) is 19.0 Å². The number of rotatable bonds is 3. The van der Waals surface area contributed by atoms with Crippen LogP contribution >= 0.6 is 0 Å². The Morgan fingerprint density at radius 2 is 1.18 bits per heavy atom. The number of nitrogens with zero attached hydrogens (tertiary/aromatic N) is 1. The molecule has 86 valence electrons. The standard InChI is InChI=1S/C16H17N/c1-2-17-15(13-9-5-3-6-10-13)16(17)14-11-7-4-8-12-14/h3-12,15-16H,2H2,1H3. The lowest BCUT2D eigenvalue weighted by molar-refractivity contribution is 0.514. The maximum absolute atomic E-state index is 2.53. The molecule has 1 saturated heterocycles. The highest BCUT2D eigenvalue weighted by Gasteiger charge is 2.47. The van der Waals surface area contributed by atoms with Crippen molar-refractivity contribution in [3.8, 4) is 0 Å². The van der Waals surface area contributed by atoms with Gasteiger partial charge in [0.15, 0.2) is 0 Å². The van der Waals surface area contributed by atoms with Crippen LogP contribution in [0.15, 0.2) is 60.7 Å². The van der Waals surface area contributed by atoms with E-state index in [9.17, 15) is 0 Å². The van der Waals surface area contributed by atoms with Gasteiger partial charge in [-0.1, -0.05) is 67.6 Å². The molecule has 2 unspecified atom stereocenters. The Morgan fingerprint density at radius 1 is 0.765 bits per heavy atom. The van der Waals surface area contributed by atoms with E-state index in [-0.39, 0.29) is 0 Å². The summed E-state index contributed by atoms with van der Waals surface area (Å²) in [4.78, 5) is 2.53. The van der Waals surface area contributed by atoms with E-state index in [0.717, 1.165) is 6.54 Å². The van der Waals surface area contributed by atoms with E-state index < -0.39 is 0 Å². The molecule has 0 aromatic heterocycles. The molecule has 1 fully saturated rings. The zero-order chi connectivity index (χ0) is 11.7. The van der Waals surface area contributed by atoms with E-state index >= 15 is 0 Å². The SMILES string of the molecule is CCN1C(c2ccccc2)C1c1ccccc1. The first kappa shape index (κ1) is 10.5. The molecule has 2 aromatic rings. The van der Waals surface area contributed by atoms with E-state index in [2.05, 4.69) is 72.5 Å². The van der Waals surface area contributed by atoms with E-state index in [0.29, 0.717) is 12.1 Å². The second-order valence-corrected chi connectivity index (χ2v) is 4.54. The average molecular weight is 223 g/mol. The van der Waals surface area contributed by atoms with Gasteiger partial charge in [-0.25, -0.2) is 0 Å². The Bertz CT molecular complexity index is 432. The second-order valence-electron chi connectivity index (χ2n) is 4.54. The highest BCUT2D eigenvalue weighted by molar-refractivity contribution is 5.34. The summed E-state index contributed by atoms with van der Waals surface area (Å²) in [5.74, 6) is 0. The summed E-state index contributed by atoms with van der Waals surface area (Å²) in [6.07, 6.45) is 0. The number of benzene rings is 2. The maximum Gasteiger partial charge on any atom is 0.0552 e. The van der Waals surface area contributed by atoms with Gasteiger partial charge in [0.25, 0.3) is 0 Å². The summed E-state index contributed by atoms with van der Waals surface area (Å²) in [5, 5.41) is 0. The van der Waals surface area contributed by atoms with Crippen molar-refractivity contribution in [2.75, 3.05) is 6.54 Å². The van der Waals surface area contributed by atoms with Gasteiger partial charge in [-0.15, -0.1) is 0 Å². The number of hydrogen-bond acceptors (Lipinski definition) is 1. The average Bonchev–Trinajstić information content (AvgIpc) is 3.15. The lowest BCUT2D eigenvalue weighted by atomic mass is 10.0. The van der Waals surface area contributed by atoms with Crippen LogP contribution in [-0.2, 0) is 0 Å². The molecule has 0 N–H and O–H groups in total. The quantitative estimate of drug-likeness (QED) is 0.715. The fourth-order valence-electron chi connectivity index (χ4n) is 2.72. The third-order valence-corrected chi connectivity index (χ3v) is 3.57. The zero-order valence-corrected chi connectivity index (χ0v) is 10.1. The molecule has 3 rings (SSSR count). The number of hydrogen-bond donors (Lipinski definition) is 0. The highest BCUT2D eigenvalue weighted by Crippen LogP contribution is 2.53. The van der Waals surface area contributed by atoms with Gasteiger partial charge in [0.05, 0.1) is 12.1 Å². The van der Waals surface area contributed by atoms with E-state index in [1.807, 2.05) is 0 Å². The first-order chi connectivity index (χ1) is 8.42. The zero-order valence-electron chi connectivity index (χ0n) is 10.1. The van der Waals surface area contributed by atoms with Gasteiger partial charge in [-0.3, -0.25) is 4.90 Å². The molecule has 1 aliphatic rings. The maximum atomic E-state index is 2.53. The Hall–Kier alpha value is -1.60. The third kappa shape index (κ3) is 1.87. The minimum absolute atomic E-state index is 0.573. The molecule has 0 bridgehead atoms. The molecule has 1 nitrogen and oxygen atoms in total. The van der Waals surface area contributed by atoms with E-state index in [4.69, 9.17) is 0 Å². The van der Waals surface area contributed by atoms with Crippen molar-refractivity contribution in [2.24, 2.45) is 0 Å². The highest BCUT2D eigenvalue weighted by atomic mass is 15.3. The van der Waals surface area contributed by atoms with Gasteiger partial charge in [-0.2, -0.15) is 0 Å². The third-order valence-electron chi connectivity index (χ3n) is 3.57. The summed E-state index contributed by atoms with van der Waals surface area (Å²) in [6, 6.07) is 22.8. The normalized spacial score (nSPS) is 26.8. The molecule has 0 spiro atoms. The summed E-state index contributed by atoms with van der Waals surface area (Å²) in [6.45, 7) is 3.35. The molecule has 0 radical (unpaired) electrons. The monoisotopic (exact) mass is 223 g/mol. The lowest BCUT2D eigenvalue weighted by Crippen LogP contribution is -1.96. The smallest absolute Gasteiger partial charge is 0.0552 e. The predicted octanol–water partition coefficient (Wildman–Crippen LogP) is 3.80. The minimum atomic E-state index is 0.573. The summed E-state index contributed by atoms with van der Waals surface area (Å²) < 4.78 is 0. The molecule has 0 amide bonds. The summed E-state index contributed by atoms with van der Waals surface area (Å²) in [5.41, 5.74) is 2.87. The number of likely N-dealkylation sites (N-methyl/N-ethyl adjacent to an activating group) is 1. The van der Waals surface area contributed by atoms with Crippen LogP contribution in [0, 0.1) is 0 Å². The Morgan fingerprint density at radius 3 is 1.53 bits per heavy atom. The Labute approximate surface area is 103 Å². The van der Waals surface area contributed by atoms with Gasteiger partial charge in [-0.05, 0) is 17.7 Å². The molecule has 2 atom stereocenters. The Balaban J connectivity index is 1.88. The van der Waals surface area contributed by atoms with Crippen molar-refractivity contribution < 1.29 is 0 Å². The summed E-state index contributed by atoms with van der Waals surface area (Å²) in [7, 11) is 0. The van der Waals surface area contributed by atoms with Crippen LogP contribution in [0.4, 0.5) is 0 Å². The minimum Gasteiger partial charge on any atom is -0.286 e. The van der Waals surface area contributed by atoms with Crippen LogP contribution in [0.25, 0.3) is 0 Å². The van der Waals surface area contributed by atoms with Crippen LogP contribution in [0.1, 0.15) is 30.1 Å². The van der Waals surface area contributed by atoms with Crippen LogP contribution in [0.2, 0.25) is 0 Å². The first-order valence-corrected chi connectivity index (χ1v) is 6.27. The molecule has 1 aliphatic heterocycles. The van der Waals surface area contributed by atoms with Crippen molar-refractivity contribution in [3.05, 3.63) is 71.8 Å². The molecular weight excluding hydrogens is 206 g/mol. The van der Waals surface area contributed by atoms with Crippen LogP contribution in [0.5, 0.6) is 0 Å². The van der Waals surface area contributed by atoms with Crippen molar-refractivity contribution in [1.82, 2.24) is 4.90 Å². The first-order valence-electron chi connectivity index (χ1n) is 6.27. The van der Waals surface area contributed by atoms with Gasteiger partial charge < -0.3 is 0 Å². The van der Waals surface area contributed by atoms with Crippen molar-refractivity contribution in [1.29, 1.82) is 0 Å². The second kappa shape index (κ2) is 4.34. The largest absolute Gasteiger partial charge is 0.286 e. The van der Waals surface area contributed by atoms with Crippen molar-refractivity contribution in [3.63, 3.8) is 0 Å². The van der Waals surface area contributed by atoms with Gasteiger partial charge >= 0.3 is 0 Å². The van der Waals surface area contributed by atoms with Gasteiger partial charge in [0.1, 0.15) is 0 Å². The van der Waals surface area contributed by atoms with Crippen LogP contribution in [-0.4, -0.2) is 11.4 Å². The topological polar surface area (TPSA) is 3.01 Å². The fraction of sp³-hybridized carbons (Fsp3) is 0.250. The molecular formula is C16H17N. The molecule has 1 heteroatoms. The molecule has 2 aromatic carbocycles. The fourth-order valence-corrected chi connectivity index (χ4v) is 2.72.